The normalized spacial score (nSPS) is 19.2. The van der Waals surface area contributed by atoms with Gasteiger partial charge in [0.05, 0.1) is 12.3 Å². The lowest BCUT2D eigenvalue weighted by atomic mass is 9.88. The number of hydrogen-bond acceptors (Lipinski definition) is 6. The van der Waals surface area contributed by atoms with E-state index in [2.05, 4.69) is 28.7 Å². The van der Waals surface area contributed by atoms with Crippen LogP contribution in [0.1, 0.15) is 24.0 Å². The van der Waals surface area contributed by atoms with E-state index in [9.17, 15) is 9.59 Å². The summed E-state index contributed by atoms with van der Waals surface area (Å²) in [5.41, 5.74) is 3.57. The first-order valence-electron chi connectivity index (χ1n) is 10.5. The monoisotopic (exact) mass is 432 g/mol. The molecule has 0 aromatic heterocycles. The van der Waals surface area contributed by atoms with E-state index in [0.29, 0.717) is 18.0 Å². The van der Waals surface area contributed by atoms with Crippen molar-refractivity contribution in [2.75, 3.05) is 25.1 Å². The Hall–Kier alpha value is -3.87. The number of carbonyl (C=O) groups is 2. The SMILES string of the molecule is CCOc1ccc(NC(=O)COC(=O)CO/N=C2/c3ccccc3[C@H]3C=CC=C[C@@H]23)cc1. The van der Waals surface area contributed by atoms with Crippen LogP contribution in [0.15, 0.2) is 78.0 Å². The minimum absolute atomic E-state index is 0.0771. The molecule has 7 nitrogen and oxygen atoms in total. The summed E-state index contributed by atoms with van der Waals surface area (Å²) in [6.45, 7) is 1.68. The van der Waals surface area contributed by atoms with Gasteiger partial charge in [-0.2, -0.15) is 0 Å². The molecular weight excluding hydrogens is 408 g/mol. The summed E-state index contributed by atoms with van der Waals surface area (Å²) in [7, 11) is 0. The maximum atomic E-state index is 12.0. The number of hydrogen-bond donors (Lipinski definition) is 1. The Bertz CT molecular complexity index is 1070. The Morgan fingerprint density at radius 2 is 1.72 bits per heavy atom. The van der Waals surface area contributed by atoms with Crippen molar-refractivity contribution in [1.29, 1.82) is 0 Å². The van der Waals surface area contributed by atoms with E-state index in [4.69, 9.17) is 14.3 Å². The van der Waals surface area contributed by atoms with E-state index >= 15 is 0 Å². The number of ether oxygens (including phenoxy) is 2. The molecule has 0 spiro atoms. The number of oxime groups is 1. The van der Waals surface area contributed by atoms with Crippen LogP contribution in [0.2, 0.25) is 0 Å². The first-order chi connectivity index (χ1) is 15.7. The molecule has 2 aromatic rings. The molecule has 7 heteroatoms. The van der Waals surface area contributed by atoms with E-state index < -0.39 is 18.5 Å². The lowest BCUT2D eigenvalue weighted by molar-refractivity contribution is -0.151. The molecule has 0 saturated carbocycles. The second-order valence-corrected chi connectivity index (χ2v) is 7.32. The summed E-state index contributed by atoms with van der Waals surface area (Å²) in [5.74, 6) is -0.102. The third-order valence-corrected chi connectivity index (χ3v) is 5.21. The summed E-state index contributed by atoms with van der Waals surface area (Å²) in [6, 6.07) is 15.0. The van der Waals surface area contributed by atoms with Crippen LogP contribution < -0.4 is 10.1 Å². The zero-order valence-electron chi connectivity index (χ0n) is 17.7. The average Bonchev–Trinajstić information content (AvgIpc) is 3.13. The van der Waals surface area contributed by atoms with Crippen molar-refractivity contribution in [1.82, 2.24) is 0 Å². The molecule has 0 bridgehead atoms. The van der Waals surface area contributed by atoms with Crippen molar-refractivity contribution < 1.29 is 23.9 Å². The predicted molar refractivity (Wildman–Crippen MR) is 121 cm³/mol. The Kier molecular flexibility index (Phi) is 6.65. The van der Waals surface area contributed by atoms with Gasteiger partial charge in [-0.25, -0.2) is 4.79 Å². The second-order valence-electron chi connectivity index (χ2n) is 7.32. The summed E-state index contributed by atoms with van der Waals surface area (Å²) < 4.78 is 10.3. The number of carbonyl (C=O) groups excluding carboxylic acids is 2. The molecule has 0 aliphatic heterocycles. The lowest BCUT2D eigenvalue weighted by Gasteiger charge is -2.15. The van der Waals surface area contributed by atoms with Crippen molar-refractivity contribution in [3.05, 3.63) is 84.0 Å². The molecule has 164 valence electrons. The van der Waals surface area contributed by atoms with Crippen LogP contribution in [-0.2, 0) is 19.2 Å². The van der Waals surface area contributed by atoms with Crippen LogP contribution in [0.5, 0.6) is 5.75 Å². The smallest absolute Gasteiger partial charge is 0.347 e. The molecule has 0 unspecified atom stereocenters. The van der Waals surface area contributed by atoms with E-state index in [1.165, 1.54) is 5.56 Å². The molecule has 2 aromatic carbocycles. The van der Waals surface area contributed by atoms with Gasteiger partial charge >= 0.3 is 5.97 Å². The molecule has 2 atom stereocenters. The minimum atomic E-state index is -0.668. The molecule has 0 saturated heterocycles. The third-order valence-electron chi connectivity index (χ3n) is 5.21. The van der Waals surface area contributed by atoms with Crippen molar-refractivity contribution in [2.24, 2.45) is 11.1 Å². The van der Waals surface area contributed by atoms with Gasteiger partial charge in [-0.05, 0) is 36.8 Å². The van der Waals surface area contributed by atoms with Crippen molar-refractivity contribution in [3.63, 3.8) is 0 Å². The van der Waals surface area contributed by atoms with E-state index in [-0.39, 0.29) is 18.4 Å². The Morgan fingerprint density at radius 3 is 2.50 bits per heavy atom. The van der Waals surface area contributed by atoms with Crippen LogP contribution in [0.3, 0.4) is 0 Å². The quantitative estimate of drug-likeness (QED) is 0.506. The van der Waals surface area contributed by atoms with Crippen molar-refractivity contribution in [2.45, 2.75) is 12.8 Å². The van der Waals surface area contributed by atoms with Crippen LogP contribution >= 0.6 is 0 Å². The van der Waals surface area contributed by atoms with Gasteiger partial charge in [0.1, 0.15) is 5.75 Å². The zero-order valence-corrected chi connectivity index (χ0v) is 17.7. The molecule has 4 rings (SSSR count). The fourth-order valence-corrected chi connectivity index (χ4v) is 3.82. The number of benzene rings is 2. The van der Waals surface area contributed by atoms with E-state index in [1.807, 2.05) is 37.3 Å². The van der Waals surface area contributed by atoms with Crippen molar-refractivity contribution >= 4 is 23.3 Å². The molecule has 1 N–H and O–H groups in total. The highest BCUT2D eigenvalue weighted by Crippen LogP contribution is 2.41. The fourth-order valence-electron chi connectivity index (χ4n) is 3.82. The highest BCUT2D eigenvalue weighted by Gasteiger charge is 2.36. The van der Waals surface area contributed by atoms with Gasteiger partial charge in [0, 0.05) is 23.1 Å². The van der Waals surface area contributed by atoms with E-state index in [0.717, 1.165) is 11.3 Å². The summed E-state index contributed by atoms with van der Waals surface area (Å²) >= 11 is 0. The van der Waals surface area contributed by atoms with Crippen LogP contribution in [-0.4, -0.2) is 37.4 Å². The average molecular weight is 432 g/mol. The largest absolute Gasteiger partial charge is 0.494 e. The van der Waals surface area contributed by atoms with Gasteiger partial charge in [0.2, 0.25) is 6.61 Å². The third kappa shape index (κ3) is 4.88. The van der Waals surface area contributed by atoms with Gasteiger partial charge in [-0.1, -0.05) is 53.7 Å². The number of fused-ring (bicyclic) bond motifs is 3. The second kappa shape index (κ2) is 9.96. The Balaban J connectivity index is 1.26. The lowest BCUT2D eigenvalue weighted by Crippen LogP contribution is -2.22. The van der Waals surface area contributed by atoms with Crippen LogP contribution in [0, 0.1) is 5.92 Å². The predicted octanol–water partition coefficient (Wildman–Crippen LogP) is 3.83. The summed E-state index contributed by atoms with van der Waals surface area (Å²) in [5, 5.41) is 6.88. The standard InChI is InChI=1S/C25H24N2O5/c1-2-30-18-13-11-17(12-14-18)26-23(28)15-31-24(29)16-32-27-25-21-9-5-3-7-19(21)20-8-4-6-10-22(20)25/h3-14,19,21H,2,15-16H2,1H3,(H,26,28)/b27-25+/t19-,21-/m1/s1. The summed E-state index contributed by atoms with van der Waals surface area (Å²) in [6.07, 6.45) is 8.23. The molecule has 2 aliphatic rings. The minimum Gasteiger partial charge on any atom is -0.494 e. The van der Waals surface area contributed by atoms with E-state index in [1.54, 1.807) is 24.3 Å². The Labute approximate surface area is 186 Å². The molecule has 0 heterocycles. The topological polar surface area (TPSA) is 86.2 Å². The number of esters is 1. The number of anilines is 1. The molecule has 2 aliphatic carbocycles. The molecular formula is C25H24N2O5. The molecule has 0 fully saturated rings. The first-order valence-corrected chi connectivity index (χ1v) is 10.5. The molecule has 32 heavy (non-hydrogen) atoms. The van der Waals surface area contributed by atoms with Gasteiger partial charge in [-0.15, -0.1) is 0 Å². The number of nitrogens with one attached hydrogen (secondary N) is 1. The number of allylic oxidation sites excluding steroid dienone is 4. The van der Waals surface area contributed by atoms with Gasteiger partial charge in [0.15, 0.2) is 6.61 Å². The fraction of sp³-hybridized carbons (Fsp3) is 0.240. The van der Waals surface area contributed by atoms with Gasteiger partial charge in [0.25, 0.3) is 5.91 Å². The van der Waals surface area contributed by atoms with Gasteiger partial charge in [-0.3, -0.25) is 4.79 Å². The number of rotatable bonds is 8. The molecule has 1 amide bonds. The highest BCUT2D eigenvalue weighted by atomic mass is 16.7. The maximum Gasteiger partial charge on any atom is 0.347 e. The molecule has 0 radical (unpaired) electrons. The number of amides is 1. The van der Waals surface area contributed by atoms with Crippen LogP contribution in [0.25, 0.3) is 0 Å². The van der Waals surface area contributed by atoms with Crippen LogP contribution in [0.4, 0.5) is 5.69 Å². The highest BCUT2D eigenvalue weighted by molar-refractivity contribution is 6.08. The van der Waals surface area contributed by atoms with Crippen molar-refractivity contribution in [3.8, 4) is 5.75 Å². The Morgan fingerprint density at radius 1 is 0.969 bits per heavy atom. The van der Waals surface area contributed by atoms with Gasteiger partial charge < -0.3 is 19.6 Å². The maximum absolute atomic E-state index is 12.0. The zero-order chi connectivity index (χ0) is 22.3. The number of nitrogens with zero attached hydrogens (tertiary/aromatic N) is 1. The first kappa shape index (κ1) is 21.4. The summed E-state index contributed by atoms with van der Waals surface area (Å²) in [4.78, 5) is 29.3.